The minimum atomic E-state index is -0.249. The third-order valence-electron chi connectivity index (χ3n) is 4.85. The summed E-state index contributed by atoms with van der Waals surface area (Å²) in [6.45, 7) is 4.00. The number of hydrogen-bond acceptors (Lipinski definition) is 2. The Bertz CT molecular complexity index is 505. The quantitative estimate of drug-likeness (QED) is 0.906. The lowest BCUT2D eigenvalue weighted by Gasteiger charge is -2.23. The number of benzene rings is 1. The zero-order valence-corrected chi connectivity index (χ0v) is 11.3. The fourth-order valence-corrected chi connectivity index (χ4v) is 3.42. The van der Waals surface area contributed by atoms with Gasteiger partial charge in [-0.2, -0.15) is 0 Å². The van der Waals surface area contributed by atoms with Gasteiger partial charge in [0, 0.05) is 12.3 Å². The Morgan fingerprint density at radius 1 is 1.42 bits per heavy atom. The SMILES string of the molecule is Cc1ccc(F)cc1CC(=O)C1CC12CCNCC2. The molecule has 1 heterocycles. The average Bonchev–Trinajstić information content (AvgIpc) is 3.08. The number of nitrogens with one attached hydrogen (secondary N) is 1. The first-order valence-corrected chi connectivity index (χ1v) is 7.09. The van der Waals surface area contributed by atoms with Crippen molar-refractivity contribution in [3.63, 3.8) is 0 Å². The molecule has 1 saturated heterocycles. The molecule has 102 valence electrons. The van der Waals surface area contributed by atoms with E-state index >= 15 is 0 Å². The number of hydrogen-bond donors (Lipinski definition) is 1. The van der Waals surface area contributed by atoms with Crippen LogP contribution in [0.2, 0.25) is 0 Å². The van der Waals surface area contributed by atoms with Crippen LogP contribution in [0.25, 0.3) is 0 Å². The van der Waals surface area contributed by atoms with Crippen molar-refractivity contribution in [1.82, 2.24) is 5.32 Å². The smallest absolute Gasteiger partial charge is 0.140 e. The molecule has 19 heavy (non-hydrogen) atoms. The Balaban J connectivity index is 1.68. The van der Waals surface area contributed by atoms with Gasteiger partial charge in [-0.15, -0.1) is 0 Å². The highest BCUT2D eigenvalue weighted by molar-refractivity contribution is 5.87. The normalized spacial score (nSPS) is 24.4. The number of carbonyl (C=O) groups is 1. The molecule has 2 fully saturated rings. The number of halogens is 1. The molecule has 1 aromatic rings. The molecule has 1 N–H and O–H groups in total. The van der Waals surface area contributed by atoms with Crippen molar-refractivity contribution in [2.75, 3.05) is 13.1 Å². The second kappa shape index (κ2) is 4.71. The van der Waals surface area contributed by atoms with Gasteiger partial charge < -0.3 is 5.32 Å². The molecule has 2 aliphatic rings. The molecule has 0 aromatic heterocycles. The Morgan fingerprint density at radius 2 is 2.16 bits per heavy atom. The molecule has 1 spiro atoms. The molecule has 3 heteroatoms. The number of carbonyl (C=O) groups excluding carboxylic acids is 1. The van der Waals surface area contributed by atoms with Crippen molar-refractivity contribution in [2.24, 2.45) is 11.3 Å². The summed E-state index contributed by atoms with van der Waals surface area (Å²) in [6, 6.07) is 4.71. The van der Waals surface area contributed by atoms with Crippen LogP contribution in [0.4, 0.5) is 4.39 Å². The van der Waals surface area contributed by atoms with Crippen LogP contribution in [-0.2, 0) is 11.2 Å². The largest absolute Gasteiger partial charge is 0.317 e. The summed E-state index contributed by atoms with van der Waals surface area (Å²) < 4.78 is 13.2. The van der Waals surface area contributed by atoms with Crippen LogP contribution < -0.4 is 5.32 Å². The average molecular weight is 261 g/mol. The Morgan fingerprint density at radius 3 is 2.89 bits per heavy atom. The second-order valence-electron chi connectivity index (χ2n) is 6.08. The van der Waals surface area contributed by atoms with Gasteiger partial charge in [-0.1, -0.05) is 6.07 Å². The van der Waals surface area contributed by atoms with E-state index < -0.39 is 0 Å². The Kier molecular flexibility index (Phi) is 3.17. The third-order valence-corrected chi connectivity index (χ3v) is 4.85. The van der Waals surface area contributed by atoms with Crippen LogP contribution >= 0.6 is 0 Å². The van der Waals surface area contributed by atoms with E-state index in [9.17, 15) is 9.18 Å². The van der Waals surface area contributed by atoms with Crippen LogP contribution in [0.15, 0.2) is 18.2 Å². The first-order chi connectivity index (χ1) is 9.11. The fraction of sp³-hybridized carbons (Fsp3) is 0.562. The van der Waals surface area contributed by atoms with Crippen LogP contribution in [0.3, 0.4) is 0 Å². The molecule has 1 aliphatic carbocycles. The van der Waals surface area contributed by atoms with Crippen LogP contribution in [-0.4, -0.2) is 18.9 Å². The van der Waals surface area contributed by atoms with Gasteiger partial charge in [0.25, 0.3) is 0 Å². The number of rotatable bonds is 3. The van der Waals surface area contributed by atoms with Crippen molar-refractivity contribution >= 4 is 5.78 Å². The maximum atomic E-state index is 13.2. The fourth-order valence-electron chi connectivity index (χ4n) is 3.42. The van der Waals surface area contributed by atoms with E-state index in [2.05, 4.69) is 5.32 Å². The van der Waals surface area contributed by atoms with Crippen molar-refractivity contribution < 1.29 is 9.18 Å². The van der Waals surface area contributed by atoms with Gasteiger partial charge in [0.1, 0.15) is 11.6 Å². The Hall–Kier alpha value is -1.22. The highest BCUT2D eigenvalue weighted by Crippen LogP contribution is 2.59. The van der Waals surface area contributed by atoms with Gasteiger partial charge in [-0.05, 0) is 68.0 Å². The van der Waals surface area contributed by atoms with Crippen LogP contribution in [0, 0.1) is 24.1 Å². The minimum Gasteiger partial charge on any atom is -0.317 e. The molecule has 2 nitrogen and oxygen atoms in total. The molecule has 0 bridgehead atoms. The topological polar surface area (TPSA) is 29.1 Å². The van der Waals surface area contributed by atoms with Gasteiger partial charge in [-0.25, -0.2) is 4.39 Å². The second-order valence-corrected chi connectivity index (χ2v) is 6.08. The summed E-state index contributed by atoms with van der Waals surface area (Å²) in [5.41, 5.74) is 2.14. The van der Waals surface area contributed by atoms with E-state index in [0.717, 1.165) is 43.5 Å². The molecule has 1 saturated carbocycles. The molecule has 0 radical (unpaired) electrons. The summed E-state index contributed by atoms with van der Waals surface area (Å²) in [7, 11) is 0. The maximum absolute atomic E-state index is 13.2. The molecule has 1 aliphatic heterocycles. The third kappa shape index (κ3) is 2.44. The summed E-state index contributed by atoms with van der Waals surface area (Å²) in [4.78, 5) is 12.4. The number of ketones is 1. The van der Waals surface area contributed by atoms with E-state index in [0.29, 0.717) is 12.2 Å². The lowest BCUT2D eigenvalue weighted by Crippen LogP contribution is -2.31. The molecule has 3 rings (SSSR count). The molecular formula is C16H20FNO. The zero-order valence-electron chi connectivity index (χ0n) is 11.3. The highest BCUT2D eigenvalue weighted by Gasteiger charge is 2.56. The maximum Gasteiger partial charge on any atom is 0.140 e. The number of piperidine rings is 1. The lowest BCUT2D eigenvalue weighted by molar-refractivity contribution is -0.120. The van der Waals surface area contributed by atoms with E-state index in [4.69, 9.17) is 0 Å². The number of aryl methyl sites for hydroxylation is 1. The lowest BCUT2D eigenvalue weighted by atomic mass is 9.89. The van der Waals surface area contributed by atoms with E-state index in [1.165, 1.54) is 12.1 Å². The van der Waals surface area contributed by atoms with Gasteiger partial charge in [0.15, 0.2) is 0 Å². The van der Waals surface area contributed by atoms with Gasteiger partial charge in [0.2, 0.25) is 0 Å². The van der Waals surface area contributed by atoms with E-state index in [1.807, 2.05) is 6.92 Å². The zero-order chi connectivity index (χ0) is 13.5. The molecule has 0 amide bonds. The molecule has 1 aromatic carbocycles. The summed E-state index contributed by atoms with van der Waals surface area (Å²) >= 11 is 0. The first-order valence-electron chi connectivity index (χ1n) is 7.09. The van der Waals surface area contributed by atoms with Gasteiger partial charge in [0.05, 0.1) is 0 Å². The predicted octanol–water partition coefficient (Wildman–Crippen LogP) is 2.64. The van der Waals surface area contributed by atoms with E-state index in [1.54, 1.807) is 6.07 Å². The number of Topliss-reactive ketones (excluding diaryl/α,β-unsaturated/α-hetero) is 1. The predicted molar refractivity (Wildman–Crippen MR) is 72.5 cm³/mol. The monoisotopic (exact) mass is 261 g/mol. The summed E-state index contributed by atoms with van der Waals surface area (Å²) in [5.74, 6) is 0.272. The van der Waals surface area contributed by atoms with Crippen molar-refractivity contribution in [3.8, 4) is 0 Å². The van der Waals surface area contributed by atoms with Crippen LogP contribution in [0.1, 0.15) is 30.4 Å². The van der Waals surface area contributed by atoms with E-state index in [-0.39, 0.29) is 17.2 Å². The van der Waals surface area contributed by atoms with Crippen molar-refractivity contribution in [3.05, 3.63) is 35.1 Å². The highest BCUT2D eigenvalue weighted by atomic mass is 19.1. The van der Waals surface area contributed by atoms with Crippen molar-refractivity contribution in [1.29, 1.82) is 0 Å². The molecule has 1 unspecified atom stereocenters. The van der Waals surface area contributed by atoms with Crippen molar-refractivity contribution in [2.45, 2.75) is 32.6 Å². The summed E-state index contributed by atoms with van der Waals surface area (Å²) in [6.07, 6.45) is 3.67. The molecule has 1 atom stereocenters. The summed E-state index contributed by atoms with van der Waals surface area (Å²) in [5, 5.41) is 3.35. The molecular weight excluding hydrogens is 241 g/mol. The van der Waals surface area contributed by atoms with Gasteiger partial charge in [-0.3, -0.25) is 4.79 Å². The Labute approximate surface area is 113 Å². The first kappa shape index (κ1) is 12.8. The van der Waals surface area contributed by atoms with Gasteiger partial charge >= 0.3 is 0 Å². The standard InChI is InChI=1S/C16H20FNO/c1-11-2-3-13(17)8-12(11)9-15(19)14-10-16(14)4-6-18-7-5-16/h2-3,8,14,18H,4-7,9-10H2,1H3. The van der Waals surface area contributed by atoms with Crippen LogP contribution in [0.5, 0.6) is 0 Å². The minimum absolute atomic E-state index is 0.220.